The van der Waals surface area contributed by atoms with Crippen molar-refractivity contribution >= 4 is 5.91 Å². The van der Waals surface area contributed by atoms with Gasteiger partial charge in [0, 0.05) is 6.04 Å². The number of aliphatic hydroxyl groups excluding tert-OH is 1. The highest BCUT2D eigenvalue weighted by Crippen LogP contribution is 2.15. The minimum absolute atomic E-state index is 0.0536. The lowest BCUT2D eigenvalue weighted by Crippen LogP contribution is -2.35. The molecule has 0 spiro atoms. The number of ether oxygens (including phenoxy) is 1. The Morgan fingerprint density at radius 1 is 1.39 bits per heavy atom. The molecule has 1 amide bonds. The molecule has 0 aliphatic heterocycles. The molecule has 0 heterocycles. The fourth-order valence-electron chi connectivity index (χ4n) is 1.35. The standard InChI is InChI=1S/C12H15F2NO3/c1-8(7-16)15-11(17)6-9-2-4-10(5-3-9)18-12(13)14/h2-5,8,12,16H,6-7H2,1H3,(H,15,17)/t8-/m0/s1. The zero-order valence-electron chi connectivity index (χ0n) is 9.90. The molecule has 0 unspecified atom stereocenters. The van der Waals surface area contributed by atoms with Gasteiger partial charge in [-0.05, 0) is 24.6 Å². The van der Waals surface area contributed by atoms with Gasteiger partial charge in [0.2, 0.25) is 5.91 Å². The van der Waals surface area contributed by atoms with Crippen molar-refractivity contribution < 1.29 is 23.4 Å². The van der Waals surface area contributed by atoms with Crippen LogP contribution in [0.1, 0.15) is 12.5 Å². The van der Waals surface area contributed by atoms with Crippen LogP contribution in [0.4, 0.5) is 8.78 Å². The van der Waals surface area contributed by atoms with E-state index in [4.69, 9.17) is 5.11 Å². The summed E-state index contributed by atoms with van der Waals surface area (Å²) in [5, 5.41) is 11.4. The molecule has 2 N–H and O–H groups in total. The van der Waals surface area contributed by atoms with E-state index in [2.05, 4.69) is 10.1 Å². The number of amides is 1. The van der Waals surface area contributed by atoms with Gasteiger partial charge >= 0.3 is 6.61 Å². The van der Waals surface area contributed by atoms with Crippen LogP contribution in [0.3, 0.4) is 0 Å². The number of rotatable bonds is 6. The van der Waals surface area contributed by atoms with Gasteiger partial charge in [-0.2, -0.15) is 8.78 Å². The molecule has 1 aromatic rings. The Kier molecular flexibility index (Phi) is 5.51. The molecule has 0 aliphatic rings. The number of hydrogen-bond acceptors (Lipinski definition) is 3. The summed E-state index contributed by atoms with van der Waals surface area (Å²) in [4.78, 5) is 11.5. The Morgan fingerprint density at radius 2 is 2.00 bits per heavy atom. The highest BCUT2D eigenvalue weighted by molar-refractivity contribution is 5.78. The average Bonchev–Trinajstić information content (AvgIpc) is 2.30. The second-order valence-corrected chi connectivity index (χ2v) is 3.85. The van der Waals surface area contributed by atoms with Crippen LogP contribution in [0.5, 0.6) is 5.75 Å². The summed E-state index contributed by atoms with van der Waals surface area (Å²) in [6.45, 7) is -1.31. The van der Waals surface area contributed by atoms with Gasteiger partial charge in [0.15, 0.2) is 0 Å². The van der Waals surface area contributed by atoms with E-state index in [9.17, 15) is 13.6 Å². The number of alkyl halides is 2. The molecule has 1 atom stereocenters. The number of carbonyl (C=O) groups is 1. The number of halogens is 2. The van der Waals surface area contributed by atoms with Gasteiger partial charge < -0.3 is 15.2 Å². The Bertz CT molecular complexity index is 381. The Morgan fingerprint density at radius 3 is 2.50 bits per heavy atom. The molecule has 0 bridgehead atoms. The molecule has 0 aliphatic carbocycles. The Balaban J connectivity index is 2.50. The van der Waals surface area contributed by atoms with Gasteiger partial charge in [-0.25, -0.2) is 0 Å². The van der Waals surface area contributed by atoms with Crippen LogP contribution in [-0.4, -0.2) is 30.3 Å². The molecule has 1 rings (SSSR count). The molecule has 6 heteroatoms. The lowest BCUT2D eigenvalue weighted by Gasteiger charge is -2.11. The van der Waals surface area contributed by atoms with Crippen molar-refractivity contribution in [3.63, 3.8) is 0 Å². The number of carbonyl (C=O) groups excluding carboxylic acids is 1. The zero-order valence-corrected chi connectivity index (χ0v) is 9.90. The van der Waals surface area contributed by atoms with Crippen LogP contribution >= 0.6 is 0 Å². The Hall–Kier alpha value is -1.69. The first kappa shape index (κ1) is 14.4. The maximum atomic E-state index is 11.9. The lowest BCUT2D eigenvalue weighted by atomic mass is 10.1. The molecule has 1 aromatic carbocycles. The molecular formula is C12H15F2NO3. The zero-order chi connectivity index (χ0) is 13.5. The summed E-state index contributed by atoms with van der Waals surface area (Å²) in [5.41, 5.74) is 0.680. The number of benzene rings is 1. The second-order valence-electron chi connectivity index (χ2n) is 3.85. The summed E-state index contributed by atoms with van der Waals surface area (Å²) in [7, 11) is 0. The van der Waals surface area contributed by atoms with E-state index in [1.807, 2.05) is 0 Å². The van der Waals surface area contributed by atoms with Crippen LogP contribution in [0.25, 0.3) is 0 Å². The predicted octanol–water partition coefficient (Wildman–Crippen LogP) is 1.33. The molecular weight excluding hydrogens is 244 g/mol. The monoisotopic (exact) mass is 259 g/mol. The Labute approximate surface area is 104 Å². The first-order valence-corrected chi connectivity index (χ1v) is 5.45. The van der Waals surface area contributed by atoms with Crippen molar-refractivity contribution in [3.8, 4) is 5.75 Å². The fraction of sp³-hybridized carbons (Fsp3) is 0.417. The molecule has 100 valence electrons. The van der Waals surface area contributed by atoms with E-state index < -0.39 is 6.61 Å². The smallest absolute Gasteiger partial charge is 0.387 e. The molecule has 0 aromatic heterocycles. The van der Waals surface area contributed by atoms with Gasteiger partial charge in [-0.3, -0.25) is 4.79 Å². The summed E-state index contributed by atoms with van der Waals surface area (Å²) >= 11 is 0. The third-order valence-corrected chi connectivity index (χ3v) is 2.19. The van der Waals surface area contributed by atoms with Crippen molar-refractivity contribution in [2.24, 2.45) is 0 Å². The summed E-state index contributed by atoms with van der Waals surface area (Å²) in [6, 6.07) is 5.54. The van der Waals surface area contributed by atoms with Crippen molar-refractivity contribution in [1.29, 1.82) is 0 Å². The second kappa shape index (κ2) is 6.90. The normalized spacial score (nSPS) is 12.3. The lowest BCUT2D eigenvalue weighted by molar-refractivity contribution is -0.121. The van der Waals surface area contributed by atoms with Crippen molar-refractivity contribution in [2.75, 3.05) is 6.61 Å². The summed E-state index contributed by atoms with van der Waals surface area (Å²) in [6.07, 6.45) is 0.124. The third-order valence-electron chi connectivity index (χ3n) is 2.19. The van der Waals surface area contributed by atoms with Crippen LogP contribution in [0.15, 0.2) is 24.3 Å². The van der Waals surface area contributed by atoms with Gasteiger partial charge in [0.05, 0.1) is 13.0 Å². The van der Waals surface area contributed by atoms with Gasteiger partial charge in [0.25, 0.3) is 0 Å². The average molecular weight is 259 g/mol. The number of aliphatic hydroxyl groups is 1. The van der Waals surface area contributed by atoms with Crippen molar-refractivity contribution in [1.82, 2.24) is 5.32 Å². The first-order chi connectivity index (χ1) is 8.51. The first-order valence-electron chi connectivity index (χ1n) is 5.45. The maximum absolute atomic E-state index is 11.9. The summed E-state index contributed by atoms with van der Waals surface area (Å²) < 4.78 is 28.0. The molecule has 4 nitrogen and oxygen atoms in total. The van der Waals surface area contributed by atoms with E-state index in [0.29, 0.717) is 5.56 Å². The fourth-order valence-corrected chi connectivity index (χ4v) is 1.35. The van der Waals surface area contributed by atoms with Crippen LogP contribution in [-0.2, 0) is 11.2 Å². The number of nitrogens with one attached hydrogen (secondary N) is 1. The van der Waals surface area contributed by atoms with Crippen molar-refractivity contribution in [3.05, 3.63) is 29.8 Å². The van der Waals surface area contributed by atoms with Crippen LogP contribution in [0.2, 0.25) is 0 Å². The van der Waals surface area contributed by atoms with Crippen LogP contribution < -0.4 is 10.1 Å². The highest BCUT2D eigenvalue weighted by atomic mass is 19.3. The third kappa shape index (κ3) is 5.09. The highest BCUT2D eigenvalue weighted by Gasteiger charge is 2.08. The predicted molar refractivity (Wildman–Crippen MR) is 61.5 cm³/mol. The van der Waals surface area contributed by atoms with E-state index >= 15 is 0 Å². The minimum Gasteiger partial charge on any atom is -0.435 e. The minimum atomic E-state index is -2.86. The van der Waals surface area contributed by atoms with E-state index in [1.165, 1.54) is 12.1 Å². The van der Waals surface area contributed by atoms with Gasteiger partial charge in [-0.1, -0.05) is 12.1 Å². The molecule has 18 heavy (non-hydrogen) atoms. The van der Waals surface area contributed by atoms with Crippen molar-refractivity contribution in [2.45, 2.75) is 26.0 Å². The number of hydrogen-bond donors (Lipinski definition) is 2. The van der Waals surface area contributed by atoms with E-state index in [1.54, 1.807) is 19.1 Å². The topological polar surface area (TPSA) is 58.6 Å². The SMILES string of the molecule is C[C@@H](CO)NC(=O)Cc1ccc(OC(F)F)cc1. The molecule has 0 fully saturated rings. The van der Waals surface area contributed by atoms with E-state index in [-0.39, 0.29) is 30.7 Å². The summed E-state index contributed by atoms with van der Waals surface area (Å²) in [5.74, 6) is -0.183. The molecule has 0 radical (unpaired) electrons. The quantitative estimate of drug-likeness (QED) is 0.810. The maximum Gasteiger partial charge on any atom is 0.387 e. The molecule has 0 saturated heterocycles. The van der Waals surface area contributed by atoms with E-state index in [0.717, 1.165) is 0 Å². The largest absolute Gasteiger partial charge is 0.435 e. The van der Waals surface area contributed by atoms with Crippen LogP contribution in [0, 0.1) is 0 Å². The van der Waals surface area contributed by atoms with Gasteiger partial charge in [-0.15, -0.1) is 0 Å². The molecule has 0 saturated carbocycles. The van der Waals surface area contributed by atoms with Gasteiger partial charge in [0.1, 0.15) is 5.75 Å².